The second-order valence-electron chi connectivity index (χ2n) is 12.9. The van der Waals surface area contributed by atoms with Crippen molar-refractivity contribution < 1.29 is 22.4 Å². The highest BCUT2D eigenvalue weighted by Crippen LogP contribution is 2.56. The van der Waals surface area contributed by atoms with Gasteiger partial charge in [0, 0.05) is 31.9 Å². The number of alkyl halides is 3. The minimum atomic E-state index is -4.36. The van der Waals surface area contributed by atoms with Crippen LogP contribution in [0.3, 0.4) is 0 Å². The number of rotatable bonds is 7. The molecule has 2 atom stereocenters. The molecule has 2 saturated heterocycles. The van der Waals surface area contributed by atoms with E-state index >= 15 is 0 Å². The fourth-order valence-electron chi connectivity index (χ4n) is 5.52. The number of piperidine rings is 1. The van der Waals surface area contributed by atoms with E-state index in [9.17, 15) is 18.0 Å². The molecule has 1 aromatic rings. The summed E-state index contributed by atoms with van der Waals surface area (Å²) in [6, 6.07) is 4.72. The quantitative estimate of drug-likeness (QED) is 0.398. The number of carbonyl (C=O) groups is 1. The number of halogens is 3. The fraction of sp³-hybridized carbons (Fsp3) is 0.750. The first-order valence-electron chi connectivity index (χ1n) is 13.8. The monoisotopic (exact) mass is 539 g/mol. The number of hydrogen-bond donors (Lipinski definition) is 0. The van der Waals surface area contributed by atoms with Gasteiger partial charge in [0.25, 0.3) is 0 Å². The Balaban J connectivity index is 1.27. The molecule has 1 spiro atoms. The topological polar surface area (TPSA) is 36.0 Å². The summed E-state index contributed by atoms with van der Waals surface area (Å²) in [5.74, 6) is 0.0425. The van der Waals surface area contributed by atoms with Crippen molar-refractivity contribution in [1.82, 2.24) is 9.80 Å². The molecule has 0 radical (unpaired) electrons. The molecule has 1 amide bonds. The molecular formula is C28H44F3N3O2Si. The molecule has 1 unspecified atom stereocenters. The summed E-state index contributed by atoms with van der Waals surface area (Å²) in [6.45, 7) is 18.4. The largest absolute Gasteiger partial charge is 0.416 e. The predicted molar refractivity (Wildman–Crippen MR) is 144 cm³/mol. The molecule has 9 heteroatoms. The van der Waals surface area contributed by atoms with Crippen molar-refractivity contribution in [2.45, 2.75) is 89.8 Å². The van der Waals surface area contributed by atoms with Gasteiger partial charge in [-0.25, -0.2) is 0 Å². The van der Waals surface area contributed by atoms with Crippen LogP contribution in [0.25, 0.3) is 0 Å². The highest BCUT2D eigenvalue weighted by molar-refractivity contribution is 6.74. The number of amides is 1. The van der Waals surface area contributed by atoms with Gasteiger partial charge in [-0.05, 0) is 93.5 Å². The van der Waals surface area contributed by atoms with E-state index in [0.717, 1.165) is 38.2 Å². The first-order valence-corrected chi connectivity index (χ1v) is 16.7. The Labute approximate surface area is 221 Å². The lowest BCUT2D eigenvalue weighted by atomic mass is 9.90. The average molecular weight is 540 g/mol. The summed E-state index contributed by atoms with van der Waals surface area (Å²) in [5.41, 5.74) is 0.381. The van der Waals surface area contributed by atoms with Gasteiger partial charge in [0.15, 0.2) is 8.32 Å². The lowest BCUT2D eigenvalue weighted by molar-refractivity contribution is -0.137. The van der Waals surface area contributed by atoms with Gasteiger partial charge in [0.05, 0.1) is 11.7 Å². The molecule has 1 saturated carbocycles. The molecule has 3 aliphatic rings. The Kier molecular flexibility index (Phi) is 7.83. The van der Waals surface area contributed by atoms with Gasteiger partial charge < -0.3 is 19.1 Å². The number of piperazine rings is 1. The van der Waals surface area contributed by atoms with Gasteiger partial charge in [0.2, 0.25) is 5.91 Å². The number of likely N-dealkylation sites (tertiary alicyclic amines) is 1. The van der Waals surface area contributed by atoms with Crippen LogP contribution in [0.1, 0.15) is 58.9 Å². The van der Waals surface area contributed by atoms with Crippen molar-refractivity contribution in [2.24, 2.45) is 5.41 Å². The normalized spacial score (nSPS) is 25.2. The molecule has 0 N–H and O–H groups in total. The molecule has 4 rings (SSSR count). The Morgan fingerprint density at radius 3 is 2.22 bits per heavy atom. The van der Waals surface area contributed by atoms with Crippen molar-refractivity contribution in [3.63, 3.8) is 0 Å². The highest BCUT2D eigenvalue weighted by atomic mass is 28.4. The van der Waals surface area contributed by atoms with Crippen molar-refractivity contribution in [1.29, 1.82) is 0 Å². The van der Waals surface area contributed by atoms with Crippen LogP contribution in [0.2, 0.25) is 18.1 Å². The van der Waals surface area contributed by atoms with Crippen LogP contribution < -0.4 is 4.90 Å². The smallest absolute Gasteiger partial charge is 0.412 e. The molecule has 3 fully saturated rings. The van der Waals surface area contributed by atoms with E-state index in [0.29, 0.717) is 36.8 Å². The molecule has 5 nitrogen and oxygen atoms in total. The maximum Gasteiger partial charge on any atom is 0.416 e. The molecule has 0 aromatic heterocycles. The number of benzene rings is 1. The van der Waals surface area contributed by atoms with Gasteiger partial charge in [0.1, 0.15) is 6.04 Å². The van der Waals surface area contributed by atoms with E-state index in [4.69, 9.17) is 4.43 Å². The molecule has 2 heterocycles. The summed E-state index contributed by atoms with van der Waals surface area (Å²) >= 11 is 0. The summed E-state index contributed by atoms with van der Waals surface area (Å²) in [4.78, 5) is 19.4. The third kappa shape index (κ3) is 6.19. The Bertz CT molecular complexity index is 957. The number of nitrogens with zero attached hydrogens (tertiary/aromatic N) is 3. The van der Waals surface area contributed by atoms with E-state index in [1.807, 2.05) is 16.7 Å². The van der Waals surface area contributed by atoms with Crippen LogP contribution in [0.15, 0.2) is 24.3 Å². The zero-order chi connectivity index (χ0) is 27.2. The summed E-state index contributed by atoms with van der Waals surface area (Å²) in [7, 11) is -1.83. The molecule has 0 bridgehead atoms. The van der Waals surface area contributed by atoms with Gasteiger partial charge in [-0.3, -0.25) is 4.79 Å². The van der Waals surface area contributed by atoms with Gasteiger partial charge in [-0.2, -0.15) is 13.2 Å². The van der Waals surface area contributed by atoms with Gasteiger partial charge >= 0.3 is 6.18 Å². The molecule has 208 valence electrons. The highest BCUT2D eigenvalue weighted by Gasteiger charge is 2.54. The van der Waals surface area contributed by atoms with E-state index in [-0.39, 0.29) is 10.9 Å². The van der Waals surface area contributed by atoms with Crippen LogP contribution in [-0.2, 0) is 15.4 Å². The maximum atomic E-state index is 13.1. The van der Waals surface area contributed by atoms with Crippen LogP contribution >= 0.6 is 0 Å². The molecule has 2 aliphatic heterocycles. The van der Waals surface area contributed by atoms with Gasteiger partial charge in [-0.1, -0.05) is 20.8 Å². The van der Waals surface area contributed by atoms with Crippen molar-refractivity contribution in [2.75, 3.05) is 44.2 Å². The standard InChI is InChI=1S/C28H44F3N3O2Si/c1-21-25(35)33(18-19-34(21)23-10-8-22(9-11-23)28(29,30)31)16-7-15-32-17-14-27(12-13-27)24(20-32)36-37(5,6)26(2,3)4/h8-11,21,24H,7,12-20H2,1-6H3/t21?,24-/m1/s1. The zero-order valence-electron chi connectivity index (χ0n) is 23.3. The predicted octanol–water partition coefficient (Wildman–Crippen LogP) is 6.01. The van der Waals surface area contributed by atoms with E-state index < -0.39 is 26.1 Å². The van der Waals surface area contributed by atoms with Crippen molar-refractivity contribution >= 4 is 19.9 Å². The van der Waals surface area contributed by atoms with E-state index in [1.54, 1.807) is 0 Å². The SMILES string of the molecule is CC1C(=O)N(CCCN2CCC3(CC3)[C@H](O[Si](C)(C)C(C)(C)C)C2)CCN1c1ccc(C(F)(F)F)cc1. The van der Waals surface area contributed by atoms with Crippen molar-refractivity contribution in [3.05, 3.63) is 29.8 Å². The second kappa shape index (κ2) is 10.2. The lowest BCUT2D eigenvalue weighted by Crippen LogP contribution is -2.56. The maximum absolute atomic E-state index is 13.1. The van der Waals surface area contributed by atoms with Crippen molar-refractivity contribution in [3.8, 4) is 0 Å². The third-order valence-electron chi connectivity index (χ3n) is 9.34. The Morgan fingerprint density at radius 2 is 1.65 bits per heavy atom. The molecular weight excluding hydrogens is 495 g/mol. The van der Waals surface area contributed by atoms with Crippen LogP contribution in [-0.4, -0.2) is 75.4 Å². The summed E-state index contributed by atoms with van der Waals surface area (Å²) in [5, 5.41) is 0.199. The average Bonchev–Trinajstić information content (AvgIpc) is 3.58. The van der Waals surface area contributed by atoms with E-state index in [2.05, 4.69) is 38.8 Å². The number of hydrogen-bond acceptors (Lipinski definition) is 4. The minimum Gasteiger partial charge on any atom is -0.412 e. The van der Waals surface area contributed by atoms with Gasteiger partial charge in [-0.15, -0.1) is 0 Å². The Morgan fingerprint density at radius 1 is 1.00 bits per heavy atom. The number of anilines is 1. The van der Waals surface area contributed by atoms with Crippen LogP contribution in [0, 0.1) is 5.41 Å². The first-order chi connectivity index (χ1) is 17.1. The molecule has 1 aromatic carbocycles. The zero-order valence-corrected chi connectivity index (χ0v) is 24.3. The number of carbonyl (C=O) groups excluding carboxylic acids is 1. The summed E-state index contributed by atoms with van der Waals surface area (Å²) < 4.78 is 45.6. The minimum absolute atomic E-state index is 0.0425. The third-order valence-corrected chi connectivity index (χ3v) is 13.8. The summed E-state index contributed by atoms with van der Waals surface area (Å²) in [6.07, 6.45) is 0.650. The fourth-order valence-corrected chi connectivity index (χ4v) is 6.91. The first kappa shape index (κ1) is 28.4. The Hall–Kier alpha value is -1.58. The van der Waals surface area contributed by atoms with Crippen LogP contribution in [0.5, 0.6) is 0 Å². The van der Waals surface area contributed by atoms with Crippen LogP contribution in [0.4, 0.5) is 18.9 Å². The lowest BCUT2D eigenvalue weighted by Gasteiger charge is -2.46. The molecule has 1 aliphatic carbocycles. The molecule has 37 heavy (non-hydrogen) atoms. The second-order valence-corrected chi connectivity index (χ2v) is 17.6. The van der Waals surface area contributed by atoms with E-state index in [1.165, 1.54) is 31.4 Å².